The number of rotatable bonds is 6. The number of hydrogen-bond donors (Lipinski definition) is 1. The third kappa shape index (κ3) is 5.44. The molecule has 1 fully saturated rings. The van der Waals surface area contributed by atoms with Crippen molar-refractivity contribution in [3.05, 3.63) is 40.8 Å². The van der Waals surface area contributed by atoms with E-state index in [0.717, 1.165) is 16.7 Å². The molecule has 0 bridgehead atoms. The van der Waals surface area contributed by atoms with Crippen LogP contribution in [-0.4, -0.2) is 55.2 Å². The van der Waals surface area contributed by atoms with E-state index in [1.807, 2.05) is 50.4 Å². The van der Waals surface area contributed by atoms with Crippen LogP contribution >= 0.6 is 11.3 Å². The van der Waals surface area contributed by atoms with Gasteiger partial charge in [0.2, 0.25) is 5.91 Å². The van der Waals surface area contributed by atoms with E-state index < -0.39 is 5.97 Å². The third-order valence-electron chi connectivity index (χ3n) is 4.75. The van der Waals surface area contributed by atoms with Crippen LogP contribution in [0.15, 0.2) is 29.6 Å². The molecule has 7 heteroatoms. The van der Waals surface area contributed by atoms with Gasteiger partial charge in [-0.3, -0.25) is 9.69 Å². The SMILES string of the molecule is CCOC(=O)c1c(-c2ccc(C)cc2)csc1NC(=O)CN1C[C@H](C)O[C@@H](C)C1. The molecule has 0 radical (unpaired) electrons. The number of thiophene rings is 1. The van der Waals surface area contributed by atoms with Gasteiger partial charge in [-0.05, 0) is 33.3 Å². The number of amides is 1. The Labute approximate surface area is 175 Å². The fourth-order valence-corrected chi connectivity index (χ4v) is 4.56. The van der Waals surface area contributed by atoms with Crippen LogP contribution in [0.2, 0.25) is 0 Å². The van der Waals surface area contributed by atoms with Gasteiger partial charge in [0.05, 0.1) is 25.4 Å². The van der Waals surface area contributed by atoms with Crippen LogP contribution < -0.4 is 5.32 Å². The molecule has 1 N–H and O–H groups in total. The summed E-state index contributed by atoms with van der Waals surface area (Å²) >= 11 is 1.34. The number of nitrogens with zero attached hydrogens (tertiary/aromatic N) is 1. The summed E-state index contributed by atoms with van der Waals surface area (Å²) in [6, 6.07) is 7.95. The first-order chi connectivity index (χ1) is 13.9. The van der Waals surface area contributed by atoms with Crippen LogP contribution in [0.3, 0.4) is 0 Å². The van der Waals surface area contributed by atoms with Gasteiger partial charge < -0.3 is 14.8 Å². The summed E-state index contributed by atoms with van der Waals surface area (Å²) in [4.78, 5) is 27.4. The molecule has 2 aromatic rings. The van der Waals surface area contributed by atoms with E-state index in [1.165, 1.54) is 11.3 Å². The molecule has 0 saturated carbocycles. The summed E-state index contributed by atoms with van der Waals surface area (Å²) in [5, 5.41) is 5.35. The molecule has 29 heavy (non-hydrogen) atoms. The van der Waals surface area contributed by atoms with E-state index >= 15 is 0 Å². The van der Waals surface area contributed by atoms with Gasteiger partial charge in [-0.1, -0.05) is 29.8 Å². The van der Waals surface area contributed by atoms with Gasteiger partial charge in [-0.25, -0.2) is 4.79 Å². The van der Waals surface area contributed by atoms with Crippen LogP contribution in [0.25, 0.3) is 11.1 Å². The lowest BCUT2D eigenvalue weighted by molar-refractivity contribution is -0.121. The second kappa shape index (κ2) is 9.52. The highest BCUT2D eigenvalue weighted by atomic mass is 32.1. The van der Waals surface area contributed by atoms with Gasteiger partial charge in [0.25, 0.3) is 0 Å². The molecule has 1 aromatic carbocycles. The summed E-state index contributed by atoms with van der Waals surface area (Å²) in [6.07, 6.45) is 0.188. The normalized spacial score (nSPS) is 19.7. The lowest BCUT2D eigenvalue weighted by Crippen LogP contribution is -2.48. The van der Waals surface area contributed by atoms with Gasteiger partial charge in [0, 0.05) is 24.0 Å². The van der Waals surface area contributed by atoms with E-state index in [9.17, 15) is 9.59 Å². The molecule has 6 nitrogen and oxygen atoms in total. The van der Waals surface area contributed by atoms with Crippen molar-refractivity contribution in [1.29, 1.82) is 0 Å². The molecule has 1 aromatic heterocycles. The molecule has 1 aliphatic rings. The largest absolute Gasteiger partial charge is 0.462 e. The smallest absolute Gasteiger partial charge is 0.341 e. The fraction of sp³-hybridized carbons (Fsp3) is 0.455. The minimum atomic E-state index is -0.423. The van der Waals surface area contributed by atoms with Crippen molar-refractivity contribution in [2.75, 3.05) is 31.6 Å². The van der Waals surface area contributed by atoms with Crippen LogP contribution in [0.5, 0.6) is 0 Å². The highest BCUT2D eigenvalue weighted by Gasteiger charge is 2.26. The number of anilines is 1. The quantitative estimate of drug-likeness (QED) is 0.723. The van der Waals surface area contributed by atoms with E-state index in [-0.39, 0.29) is 31.3 Å². The lowest BCUT2D eigenvalue weighted by atomic mass is 10.0. The standard InChI is InChI=1S/C22H28N2O4S/c1-5-27-22(26)20-18(17-8-6-14(2)7-9-17)13-29-21(20)23-19(25)12-24-10-15(3)28-16(4)11-24/h6-9,13,15-16H,5,10-12H2,1-4H3,(H,23,25)/t15-,16-/m0/s1. The van der Waals surface area contributed by atoms with Gasteiger partial charge in [-0.15, -0.1) is 11.3 Å². The Morgan fingerprint density at radius 2 is 1.86 bits per heavy atom. The molecule has 2 atom stereocenters. The Hall–Kier alpha value is -2.22. The third-order valence-corrected chi connectivity index (χ3v) is 5.64. The molecule has 1 amide bonds. The average Bonchev–Trinajstić information content (AvgIpc) is 3.05. The molecule has 2 heterocycles. The fourth-order valence-electron chi connectivity index (χ4n) is 3.58. The molecule has 0 spiro atoms. The molecule has 1 saturated heterocycles. The van der Waals surface area contributed by atoms with Crippen molar-refractivity contribution < 1.29 is 19.1 Å². The highest BCUT2D eigenvalue weighted by Crippen LogP contribution is 2.36. The molecule has 0 unspecified atom stereocenters. The van der Waals surface area contributed by atoms with Crippen LogP contribution in [0.1, 0.15) is 36.7 Å². The summed E-state index contributed by atoms with van der Waals surface area (Å²) in [6.45, 7) is 9.76. The Kier molecular flexibility index (Phi) is 7.05. The molecule has 1 aliphatic heterocycles. The van der Waals surface area contributed by atoms with Crippen LogP contribution in [-0.2, 0) is 14.3 Å². The number of nitrogens with one attached hydrogen (secondary N) is 1. The number of carbonyl (C=O) groups is 2. The Morgan fingerprint density at radius 1 is 1.21 bits per heavy atom. The van der Waals surface area contributed by atoms with Crippen LogP contribution in [0, 0.1) is 6.92 Å². The molecular weight excluding hydrogens is 388 g/mol. The number of esters is 1. The Balaban J connectivity index is 1.80. The highest BCUT2D eigenvalue weighted by molar-refractivity contribution is 7.15. The van der Waals surface area contributed by atoms with Crippen molar-refractivity contribution >= 4 is 28.2 Å². The number of carbonyl (C=O) groups excluding carboxylic acids is 2. The first-order valence-electron chi connectivity index (χ1n) is 9.90. The number of benzene rings is 1. The Morgan fingerprint density at radius 3 is 2.48 bits per heavy atom. The van der Waals surface area contributed by atoms with E-state index in [2.05, 4.69) is 10.2 Å². The monoisotopic (exact) mass is 416 g/mol. The molecular formula is C22H28N2O4S. The summed E-state index contributed by atoms with van der Waals surface area (Å²) in [7, 11) is 0. The number of aryl methyl sites for hydroxylation is 1. The number of hydrogen-bond acceptors (Lipinski definition) is 6. The summed E-state index contributed by atoms with van der Waals surface area (Å²) in [5.74, 6) is -0.567. The van der Waals surface area contributed by atoms with Crippen molar-refractivity contribution in [1.82, 2.24) is 4.90 Å². The van der Waals surface area contributed by atoms with E-state index in [0.29, 0.717) is 23.7 Å². The minimum absolute atomic E-state index is 0.0940. The van der Waals surface area contributed by atoms with Gasteiger partial charge in [0.15, 0.2) is 0 Å². The zero-order valence-corrected chi connectivity index (χ0v) is 18.2. The predicted octanol–water partition coefficient (Wildman–Crippen LogP) is 3.95. The summed E-state index contributed by atoms with van der Waals surface area (Å²) < 4.78 is 11.0. The maximum atomic E-state index is 12.7. The first kappa shape index (κ1) is 21.5. The maximum absolute atomic E-state index is 12.7. The first-order valence-corrected chi connectivity index (χ1v) is 10.8. The average molecular weight is 417 g/mol. The lowest BCUT2D eigenvalue weighted by Gasteiger charge is -2.34. The molecule has 0 aliphatic carbocycles. The van der Waals surface area contributed by atoms with E-state index in [1.54, 1.807) is 6.92 Å². The van der Waals surface area contributed by atoms with Gasteiger partial charge >= 0.3 is 5.97 Å². The minimum Gasteiger partial charge on any atom is -0.462 e. The van der Waals surface area contributed by atoms with Crippen molar-refractivity contribution in [3.63, 3.8) is 0 Å². The maximum Gasteiger partial charge on any atom is 0.341 e. The zero-order valence-electron chi connectivity index (χ0n) is 17.4. The van der Waals surface area contributed by atoms with Gasteiger partial charge in [0.1, 0.15) is 10.6 Å². The zero-order chi connectivity index (χ0) is 21.0. The number of ether oxygens (including phenoxy) is 2. The predicted molar refractivity (Wildman–Crippen MR) is 116 cm³/mol. The van der Waals surface area contributed by atoms with Crippen molar-refractivity contribution in [2.24, 2.45) is 0 Å². The van der Waals surface area contributed by atoms with Crippen molar-refractivity contribution in [2.45, 2.75) is 39.9 Å². The second-order valence-electron chi connectivity index (χ2n) is 7.44. The summed E-state index contributed by atoms with van der Waals surface area (Å²) in [5.41, 5.74) is 3.26. The van der Waals surface area contributed by atoms with Crippen LogP contribution in [0.4, 0.5) is 5.00 Å². The van der Waals surface area contributed by atoms with E-state index in [4.69, 9.17) is 9.47 Å². The van der Waals surface area contributed by atoms with Gasteiger partial charge in [-0.2, -0.15) is 0 Å². The molecule has 3 rings (SSSR count). The second-order valence-corrected chi connectivity index (χ2v) is 8.32. The molecule has 156 valence electrons. The van der Waals surface area contributed by atoms with Crippen molar-refractivity contribution in [3.8, 4) is 11.1 Å². The number of morpholine rings is 1. The topological polar surface area (TPSA) is 67.9 Å². The Bertz CT molecular complexity index is 852.